The molecule has 0 unspecified atom stereocenters. The molecule has 9 heteroatoms. The average molecular weight is 476 g/mol. The number of nitrogens with one attached hydrogen (secondary N) is 1. The quantitative estimate of drug-likeness (QED) is 0.570. The maximum Gasteiger partial charge on any atom is 0.304 e. The van der Waals surface area contributed by atoms with Crippen molar-refractivity contribution in [1.82, 2.24) is 9.62 Å². The van der Waals surface area contributed by atoms with Crippen molar-refractivity contribution >= 4 is 21.8 Å². The maximum absolute atomic E-state index is 13.4. The van der Waals surface area contributed by atoms with Gasteiger partial charge in [-0.1, -0.05) is 18.2 Å². The highest BCUT2D eigenvalue weighted by Crippen LogP contribution is 2.27. The highest BCUT2D eigenvalue weighted by Gasteiger charge is 2.35. The molecule has 0 saturated carbocycles. The SMILES string of the molecule is CCOc1ccc(N(CC)S(=O)(=O)N2CCC[C@H](C(=O)NCc3ccccc3OC)C2)cc1. The molecule has 3 rings (SSSR count). The zero-order chi connectivity index (χ0) is 23.8. The lowest BCUT2D eigenvalue weighted by molar-refractivity contribution is -0.126. The van der Waals surface area contributed by atoms with Crippen LogP contribution in [0.4, 0.5) is 5.69 Å². The van der Waals surface area contributed by atoms with E-state index in [0.717, 1.165) is 5.56 Å². The van der Waals surface area contributed by atoms with Gasteiger partial charge in [-0.3, -0.25) is 9.10 Å². The molecule has 180 valence electrons. The molecular formula is C24H33N3O5S. The Morgan fingerprint density at radius 1 is 1.15 bits per heavy atom. The van der Waals surface area contributed by atoms with Crippen molar-refractivity contribution in [3.05, 3.63) is 54.1 Å². The van der Waals surface area contributed by atoms with Gasteiger partial charge >= 0.3 is 10.2 Å². The molecule has 1 N–H and O–H groups in total. The molecule has 0 spiro atoms. The Morgan fingerprint density at radius 3 is 2.55 bits per heavy atom. The van der Waals surface area contributed by atoms with Crippen LogP contribution in [0, 0.1) is 5.92 Å². The zero-order valence-corrected chi connectivity index (χ0v) is 20.3. The number of rotatable bonds is 10. The second-order valence-corrected chi connectivity index (χ2v) is 9.68. The number of anilines is 1. The Kier molecular flexibility index (Phi) is 8.57. The first-order valence-corrected chi connectivity index (χ1v) is 12.7. The third-order valence-corrected chi connectivity index (χ3v) is 7.74. The molecule has 1 heterocycles. The summed E-state index contributed by atoms with van der Waals surface area (Å²) in [6, 6.07) is 14.5. The van der Waals surface area contributed by atoms with E-state index < -0.39 is 16.1 Å². The van der Waals surface area contributed by atoms with E-state index >= 15 is 0 Å². The number of carbonyl (C=O) groups excluding carboxylic acids is 1. The molecule has 1 aliphatic heterocycles. The number of amides is 1. The Balaban J connectivity index is 1.67. The summed E-state index contributed by atoms with van der Waals surface area (Å²) in [5, 5.41) is 2.94. The van der Waals surface area contributed by atoms with Crippen molar-refractivity contribution in [2.45, 2.75) is 33.2 Å². The van der Waals surface area contributed by atoms with Crippen LogP contribution in [-0.4, -0.2) is 52.0 Å². The lowest BCUT2D eigenvalue weighted by Crippen LogP contribution is -2.50. The molecule has 1 saturated heterocycles. The largest absolute Gasteiger partial charge is 0.496 e. The van der Waals surface area contributed by atoms with Crippen LogP contribution < -0.4 is 19.1 Å². The minimum absolute atomic E-state index is 0.148. The van der Waals surface area contributed by atoms with Gasteiger partial charge in [0.05, 0.1) is 25.3 Å². The van der Waals surface area contributed by atoms with Gasteiger partial charge in [-0.2, -0.15) is 12.7 Å². The first-order chi connectivity index (χ1) is 15.9. The van der Waals surface area contributed by atoms with Gasteiger partial charge in [0.15, 0.2) is 0 Å². The zero-order valence-electron chi connectivity index (χ0n) is 19.5. The van der Waals surface area contributed by atoms with Crippen molar-refractivity contribution in [1.29, 1.82) is 0 Å². The second-order valence-electron chi connectivity index (χ2n) is 7.83. The molecule has 8 nitrogen and oxygen atoms in total. The van der Waals surface area contributed by atoms with Gasteiger partial charge in [-0.05, 0) is 57.0 Å². The summed E-state index contributed by atoms with van der Waals surface area (Å²) < 4.78 is 40.4. The van der Waals surface area contributed by atoms with Crippen LogP contribution in [0.1, 0.15) is 32.3 Å². The fourth-order valence-electron chi connectivity index (χ4n) is 4.04. The summed E-state index contributed by atoms with van der Waals surface area (Å²) in [6.45, 7) is 5.42. The summed E-state index contributed by atoms with van der Waals surface area (Å²) in [4.78, 5) is 12.9. The van der Waals surface area contributed by atoms with Gasteiger partial charge in [-0.25, -0.2) is 0 Å². The molecule has 0 aromatic heterocycles. The predicted octanol–water partition coefficient (Wildman–Crippen LogP) is 3.19. The van der Waals surface area contributed by atoms with Gasteiger partial charge in [0, 0.05) is 31.7 Å². The summed E-state index contributed by atoms with van der Waals surface area (Å²) in [6.07, 6.45) is 1.28. The molecule has 0 bridgehead atoms. The third-order valence-electron chi connectivity index (χ3n) is 5.73. The van der Waals surface area contributed by atoms with Crippen LogP contribution in [-0.2, 0) is 21.5 Å². The summed E-state index contributed by atoms with van der Waals surface area (Å²) >= 11 is 0. The number of nitrogens with zero attached hydrogens (tertiary/aromatic N) is 2. The predicted molar refractivity (Wildman–Crippen MR) is 129 cm³/mol. The molecule has 2 aromatic rings. The van der Waals surface area contributed by atoms with Crippen LogP contribution in [0.3, 0.4) is 0 Å². The number of para-hydroxylation sites is 1. The first-order valence-electron chi connectivity index (χ1n) is 11.3. The van der Waals surface area contributed by atoms with E-state index in [1.165, 1.54) is 8.61 Å². The topological polar surface area (TPSA) is 88.2 Å². The van der Waals surface area contributed by atoms with E-state index in [0.29, 0.717) is 49.7 Å². The lowest BCUT2D eigenvalue weighted by atomic mass is 9.98. The number of ether oxygens (including phenoxy) is 2. The number of methoxy groups -OCH3 is 1. The van der Waals surface area contributed by atoms with E-state index in [4.69, 9.17) is 9.47 Å². The van der Waals surface area contributed by atoms with Gasteiger partial charge in [0.2, 0.25) is 5.91 Å². The van der Waals surface area contributed by atoms with Crippen molar-refractivity contribution < 1.29 is 22.7 Å². The van der Waals surface area contributed by atoms with Crippen molar-refractivity contribution in [3.63, 3.8) is 0 Å². The van der Waals surface area contributed by atoms with Crippen LogP contribution in [0.5, 0.6) is 11.5 Å². The van der Waals surface area contributed by atoms with E-state index in [2.05, 4.69) is 5.32 Å². The molecule has 1 fully saturated rings. The molecule has 1 aliphatic rings. The smallest absolute Gasteiger partial charge is 0.304 e. The number of carbonyl (C=O) groups is 1. The summed E-state index contributed by atoms with van der Waals surface area (Å²) in [7, 11) is -2.18. The van der Waals surface area contributed by atoms with Gasteiger partial charge < -0.3 is 14.8 Å². The highest BCUT2D eigenvalue weighted by atomic mass is 32.2. The monoisotopic (exact) mass is 475 g/mol. The molecular weight excluding hydrogens is 442 g/mol. The minimum atomic E-state index is -3.77. The number of piperidine rings is 1. The molecule has 0 aliphatic carbocycles. The van der Waals surface area contributed by atoms with Crippen LogP contribution in [0.15, 0.2) is 48.5 Å². The minimum Gasteiger partial charge on any atom is -0.496 e. The fraction of sp³-hybridized carbons (Fsp3) is 0.458. The Hall–Kier alpha value is -2.78. The molecule has 1 atom stereocenters. The second kappa shape index (κ2) is 11.4. The van der Waals surface area contributed by atoms with E-state index in [1.807, 2.05) is 31.2 Å². The van der Waals surface area contributed by atoms with E-state index in [1.54, 1.807) is 38.3 Å². The van der Waals surface area contributed by atoms with Gasteiger partial charge in [0.25, 0.3) is 0 Å². The average Bonchev–Trinajstić information content (AvgIpc) is 2.84. The summed E-state index contributed by atoms with van der Waals surface area (Å²) in [5.74, 6) is 0.853. The molecule has 1 amide bonds. The van der Waals surface area contributed by atoms with Crippen LogP contribution in [0.2, 0.25) is 0 Å². The van der Waals surface area contributed by atoms with Crippen molar-refractivity contribution in [2.75, 3.05) is 37.7 Å². The van der Waals surface area contributed by atoms with Gasteiger partial charge in [-0.15, -0.1) is 0 Å². The first kappa shape index (κ1) is 24.9. The molecule has 0 radical (unpaired) electrons. The Labute approximate surface area is 196 Å². The van der Waals surface area contributed by atoms with Crippen molar-refractivity contribution in [3.8, 4) is 11.5 Å². The molecule has 2 aromatic carbocycles. The van der Waals surface area contributed by atoms with Crippen molar-refractivity contribution in [2.24, 2.45) is 5.92 Å². The Bertz CT molecular complexity index is 1030. The highest BCUT2D eigenvalue weighted by molar-refractivity contribution is 7.90. The lowest BCUT2D eigenvalue weighted by Gasteiger charge is -2.35. The van der Waals surface area contributed by atoms with Crippen LogP contribution in [0.25, 0.3) is 0 Å². The number of hydrogen-bond donors (Lipinski definition) is 1. The number of benzene rings is 2. The maximum atomic E-state index is 13.4. The standard InChI is InChI=1S/C24H33N3O5S/c1-4-27(21-12-14-22(15-13-21)32-5-2)33(29,30)26-16-8-10-20(18-26)24(28)25-17-19-9-6-7-11-23(19)31-3/h6-7,9,11-15,20H,4-5,8,10,16-18H2,1-3H3,(H,25,28)/t20-/m0/s1. The summed E-state index contributed by atoms with van der Waals surface area (Å²) in [5.41, 5.74) is 1.45. The van der Waals surface area contributed by atoms with E-state index in [-0.39, 0.29) is 19.0 Å². The van der Waals surface area contributed by atoms with Gasteiger partial charge in [0.1, 0.15) is 11.5 Å². The molecule has 33 heavy (non-hydrogen) atoms. The normalized spacial score (nSPS) is 16.8. The fourth-order valence-corrected chi connectivity index (χ4v) is 5.76. The van der Waals surface area contributed by atoms with Crippen LogP contribution >= 0.6 is 0 Å². The number of hydrogen-bond acceptors (Lipinski definition) is 5. The van der Waals surface area contributed by atoms with E-state index in [9.17, 15) is 13.2 Å². The third kappa shape index (κ3) is 5.97. The Morgan fingerprint density at radius 2 is 1.88 bits per heavy atom.